The van der Waals surface area contributed by atoms with Crippen LogP contribution in [0.4, 0.5) is 13.2 Å². The van der Waals surface area contributed by atoms with Crippen LogP contribution in [0.2, 0.25) is 0 Å². The first-order valence-electron chi connectivity index (χ1n) is 4.15. The molecule has 0 aliphatic carbocycles. The van der Waals surface area contributed by atoms with Gasteiger partial charge < -0.3 is 5.73 Å². The highest BCUT2D eigenvalue weighted by atomic mass is 19.4. The van der Waals surface area contributed by atoms with Crippen LogP contribution >= 0.6 is 0 Å². The van der Waals surface area contributed by atoms with Crippen LogP contribution in [0.3, 0.4) is 0 Å². The van der Waals surface area contributed by atoms with Crippen molar-refractivity contribution in [3.8, 4) is 0 Å². The van der Waals surface area contributed by atoms with Crippen LogP contribution in [0.1, 0.15) is 18.1 Å². The second kappa shape index (κ2) is 5.65. The molecule has 0 atom stereocenters. The van der Waals surface area contributed by atoms with E-state index >= 15 is 0 Å². The van der Waals surface area contributed by atoms with E-state index in [2.05, 4.69) is 31.2 Å². The molecule has 0 spiro atoms. The molecule has 0 fully saturated rings. The van der Waals surface area contributed by atoms with Crippen LogP contribution in [0, 0.1) is 6.92 Å². The largest absolute Gasteiger partial charge is 0.386 e. The molecule has 0 amide bonds. The van der Waals surface area contributed by atoms with Gasteiger partial charge in [-0.1, -0.05) is 29.8 Å². The Hall–Kier alpha value is -1.03. The quantitative estimate of drug-likeness (QED) is 0.749. The lowest BCUT2D eigenvalue weighted by atomic mass is 10.2. The highest BCUT2D eigenvalue weighted by Crippen LogP contribution is 2.10. The molecule has 2 N–H and O–H groups in total. The summed E-state index contributed by atoms with van der Waals surface area (Å²) in [5.74, 6) is 0. The topological polar surface area (TPSA) is 26.0 Å². The first-order valence-corrected chi connectivity index (χ1v) is 4.15. The molecule has 0 radical (unpaired) electrons. The molecule has 0 saturated heterocycles. The van der Waals surface area contributed by atoms with Crippen molar-refractivity contribution in [2.24, 2.45) is 5.73 Å². The lowest BCUT2D eigenvalue weighted by Gasteiger charge is -1.94. The van der Waals surface area contributed by atoms with Gasteiger partial charge in [0.2, 0.25) is 0 Å². The van der Waals surface area contributed by atoms with Gasteiger partial charge in [0.25, 0.3) is 0 Å². The van der Waals surface area contributed by atoms with Gasteiger partial charge in [0.1, 0.15) is 0 Å². The fraction of sp³-hybridized carbons (Fsp3) is 0.400. The van der Waals surface area contributed by atoms with Crippen LogP contribution in [0.15, 0.2) is 24.3 Å². The Labute approximate surface area is 81.7 Å². The fourth-order valence-corrected chi connectivity index (χ4v) is 0.724. The Kier molecular flexibility index (Phi) is 5.23. The van der Waals surface area contributed by atoms with Gasteiger partial charge in [-0.25, -0.2) is 0 Å². The summed E-state index contributed by atoms with van der Waals surface area (Å²) in [5.41, 5.74) is 7.88. The van der Waals surface area contributed by atoms with Crippen molar-refractivity contribution in [2.45, 2.75) is 26.6 Å². The van der Waals surface area contributed by atoms with E-state index in [0.29, 0.717) is 6.54 Å². The molecule has 0 bridgehead atoms. The summed E-state index contributed by atoms with van der Waals surface area (Å²) in [6.45, 7) is 2.90. The maximum Gasteiger partial charge on any atom is 0.386 e. The third-order valence-corrected chi connectivity index (χ3v) is 1.36. The van der Waals surface area contributed by atoms with E-state index in [1.165, 1.54) is 11.1 Å². The van der Waals surface area contributed by atoms with Gasteiger partial charge in [0.15, 0.2) is 0 Å². The Balaban J connectivity index is 0.000000292. The average molecular weight is 205 g/mol. The highest BCUT2D eigenvalue weighted by molar-refractivity contribution is 5.20. The minimum Gasteiger partial charge on any atom is -0.326 e. The second-order valence-electron chi connectivity index (χ2n) is 2.97. The Morgan fingerprint density at radius 2 is 1.50 bits per heavy atom. The van der Waals surface area contributed by atoms with Gasteiger partial charge in [-0.3, -0.25) is 0 Å². The fourth-order valence-electron chi connectivity index (χ4n) is 0.724. The van der Waals surface area contributed by atoms with Gasteiger partial charge in [-0.05, 0) is 12.5 Å². The molecule has 80 valence electrons. The first kappa shape index (κ1) is 13.0. The van der Waals surface area contributed by atoms with E-state index in [0.717, 1.165) is 0 Å². The number of benzene rings is 1. The van der Waals surface area contributed by atoms with Crippen molar-refractivity contribution in [1.29, 1.82) is 0 Å². The number of hydrogen-bond acceptors (Lipinski definition) is 1. The van der Waals surface area contributed by atoms with E-state index < -0.39 is 6.18 Å². The third-order valence-electron chi connectivity index (χ3n) is 1.36. The third kappa shape index (κ3) is 9.06. The smallest absolute Gasteiger partial charge is 0.326 e. The molecular formula is C10H14F3N. The van der Waals surface area contributed by atoms with E-state index in [9.17, 15) is 13.2 Å². The van der Waals surface area contributed by atoms with Crippen molar-refractivity contribution in [1.82, 2.24) is 0 Å². The van der Waals surface area contributed by atoms with Crippen LogP contribution in [-0.2, 0) is 6.54 Å². The zero-order chi connectivity index (χ0) is 11.2. The molecule has 0 aliphatic heterocycles. The van der Waals surface area contributed by atoms with Crippen molar-refractivity contribution >= 4 is 0 Å². The summed E-state index contributed by atoms with van der Waals surface area (Å²) in [4.78, 5) is 0. The van der Waals surface area contributed by atoms with E-state index in [4.69, 9.17) is 5.73 Å². The number of aryl methyl sites for hydroxylation is 1. The first-order chi connectivity index (χ1) is 6.33. The van der Waals surface area contributed by atoms with Gasteiger partial charge in [-0.2, -0.15) is 13.2 Å². The van der Waals surface area contributed by atoms with Crippen molar-refractivity contribution in [3.63, 3.8) is 0 Å². The predicted molar refractivity (Wildman–Crippen MR) is 50.8 cm³/mol. The van der Waals surface area contributed by atoms with Crippen molar-refractivity contribution in [3.05, 3.63) is 35.4 Å². The molecule has 1 nitrogen and oxygen atoms in total. The van der Waals surface area contributed by atoms with E-state index in [1.807, 2.05) is 0 Å². The normalized spacial score (nSPS) is 10.4. The summed E-state index contributed by atoms with van der Waals surface area (Å²) >= 11 is 0. The molecule has 1 aromatic carbocycles. The molecule has 0 aromatic heterocycles. The maximum atomic E-state index is 10.4. The summed E-state index contributed by atoms with van der Waals surface area (Å²) in [6, 6.07) is 8.25. The number of halogens is 3. The molecule has 0 unspecified atom stereocenters. The summed E-state index contributed by atoms with van der Waals surface area (Å²) in [6.07, 6.45) is -4.00. The number of rotatable bonds is 1. The highest BCUT2D eigenvalue weighted by Gasteiger charge is 2.15. The monoisotopic (exact) mass is 205 g/mol. The Morgan fingerprint density at radius 1 is 1.14 bits per heavy atom. The molecular weight excluding hydrogens is 191 g/mol. The number of nitrogens with two attached hydrogens (primary N) is 1. The van der Waals surface area contributed by atoms with Crippen molar-refractivity contribution < 1.29 is 13.2 Å². The minimum absolute atomic E-state index is 0.188. The molecule has 1 aromatic rings. The Bertz CT molecular complexity index is 245. The standard InChI is InChI=1S/C8H11N.C2H3F3/c1-7-2-4-8(6-9)5-3-7;1-2(3,4)5/h2-5H,6,9H2,1H3;1H3. The van der Waals surface area contributed by atoms with Gasteiger partial charge in [0.05, 0.1) is 0 Å². The van der Waals surface area contributed by atoms with Crippen molar-refractivity contribution in [2.75, 3.05) is 0 Å². The zero-order valence-electron chi connectivity index (χ0n) is 8.23. The predicted octanol–water partition coefficient (Wildman–Crippen LogP) is 3.02. The lowest BCUT2D eigenvalue weighted by molar-refractivity contribution is -0.110. The molecule has 4 heteroatoms. The summed E-state index contributed by atoms with van der Waals surface area (Å²) in [5, 5.41) is 0. The van der Waals surface area contributed by atoms with E-state index in [-0.39, 0.29) is 6.92 Å². The van der Waals surface area contributed by atoms with Gasteiger partial charge >= 0.3 is 6.18 Å². The zero-order valence-corrected chi connectivity index (χ0v) is 8.23. The molecule has 1 rings (SSSR count). The lowest BCUT2D eigenvalue weighted by Crippen LogP contribution is -1.95. The molecule has 0 saturated carbocycles. The number of alkyl halides is 3. The van der Waals surface area contributed by atoms with Crippen LogP contribution < -0.4 is 5.73 Å². The number of hydrogen-bond donors (Lipinski definition) is 1. The molecule has 14 heavy (non-hydrogen) atoms. The second-order valence-corrected chi connectivity index (χ2v) is 2.97. The average Bonchev–Trinajstić information content (AvgIpc) is 2.03. The van der Waals surface area contributed by atoms with Crippen LogP contribution in [-0.4, -0.2) is 6.18 Å². The summed E-state index contributed by atoms with van der Waals surface area (Å²) < 4.78 is 31.1. The maximum absolute atomic E-state index is 10.4. The van der Waals surface area contributed by atoms with Gasteiger partial charge in [-0.15, -0.1) is 0 Å². The molecule has 0 heterocycles. The SMILES string of the molecule is CC(F)(F)F.Cc1ccc(CN)cc1. The molecule has 0 aliphatic rings. The van der Waals surface area contributed by atoms with E-state index in [1.54, 1.807) is 0 Å². The van der Waals surface area contributed by atoms with Gasteiger partial charge in [0, 0.05) is 13.5 Å². The minimum atomic E-state index is -4.00. The van der Waals surface area contributed by atoms with Crippen LogP contribution in [0.25, 0.3) is 0 Å². The van der Waals surface area contributed by atoms with Crippen LogP contribution in [0.5, 0.6) is 0 Å². The Morgan fingerprint density at radius 3 is 1.79 bits per heavy atom. The summed E-state index contributed by atoms with van der Waals surface area (Å²) in [7, 11) is 0.